The van der Waals surface area contributed by atoms with Crippen molar-refractivity contribution in [1.82, 2.24) is 4.31 Å². The molecule has 0 aromatic heterocycles. The van der Waals surface area contributed by atoms with Crippen LogP contribution in [0.25, 0.3) is 0 Å². The van der Waals surface area contributed by atoms with Gasteiger partial charge in [0.25, 0.3) is 0 Å². The van der Waals surface area contributed by atoms with Crippen molar-refractivity contribution >= 4 is 27.3 Å². The van der Waals surface area contributed by atoms with Crippen LogP contribution in [0.4, 0.5) is 10.1 Å². The molecule has 7 heteroatoms. The van der Waals surface area contributed by atoms with E-state index in [1.807, 2.05) is 0 Å². The lowest BCUT2D eigenvalue weighted by Crippen LogP contribution is -2.38. The molecule has 1 aromatic rings. The van der Waals surface area contributed by atoms with Gasteiger partial charge in [-0.3, -0.25) is 0 Å². The van der Waals surface area contributed by atoms with E-state index in [0.717, 1.165) is 18.9 Å². The van der Waals surface area contributed by atoms with Crippen molar-refractivity contribution in [3.05, 3.63) is 23.0 Å². The number of nitrogen functional groups attached to an aromatic ring is 1. The van der Waals surface area contributed by atoms with Crippen LogP contribution in [0.5, 0.6) is 0 Å². The highest BCUT2D eigenvalue weighted by Crippen LogP contribution is 2.29. The predicted molar refractivity (Wildman–Crippen MR) is 73.0 cm³/mol. The summed E-state index contributed by atoms with van der Waals surface area (Å²) in [6, 6.07) is 2.31. The van der Waals surface area contributed by atoms with Crippen molar-refractivity contribution in [2.45, 2.75) is 24.7 Å². The van der Waals surface area contributed by atoms with E-state index in [0.29, 0.717) is 19.0 Å². The van der Waals surface area contributed by atoms with Gasteiger partial charge in [-0.05, 0) is 30.9 Å². The lowest BCUT2D eigenvalue weighted by atomic mass is 10.0. The number of hydrogen-bond acceptors (Lipinski definition) is 3. The van der Waals surface area contributed by atoms with Crippen LogP contribution in [0.2, 0.25) is 5.02 Å². The number of piperidine rings is 1. The van der Waals surface area contributed by atoms with Crippen LogP contribution in [0.1, 0.15) is 19.8 Å². The topological polar surface area (TPSA) is 63.4 Å². The average molecular weight is 307 g/mol. The first-order valence-corrected chi connectivity index (χ1v) is 7.89. The number of benzene rings is 1. The molecule has 0 saturated carbocycles. The van der Waals surface area contributed by atoms with Gasteiger partial charge >= 0.3 is 0 Å². The normalized spacial score (nSPS) is 18.7. The summed E-state index contributed by atoms with van der Waals surface area (Å²) in [5, 5.41) is 0.114. The third-order valence-corrected chi connectivity index (χ3v) is 5.51. The summed E-state index contributed by atoms with van der Waals surface area (Å²) >= 11 is 5.76. The molecule has 0 amide bonds. The number of nitrogens with two attached hydrogens (primary N) is 1. The highest BCUT2D eigenvalue weighted by molar-refractivity contribution is 7.89. The highest BCUT2D eigenvalue weighted by atomic mass is 35.5. The van der Waals surface area contributed by atoms with Crippen molar-refractivity contribution in [2.75, 3.05) is 18.8 Å². The van der Waals surface area contributed by atoms with Gasteiger partial charge in [0.1, 0.15) is 4.90 Å². The third kappa shape index (κ3) is 2.85. The first-order valence-electron chi connectivity index (χ1n) is 6.07. The average Bonchev–Trinajstić information content (AvgIpc) is 2.34. The summed E-state index contributed by atoms with van der Waals surface area (Å²) in [7, 11) is -3.87. The molecule has 1 fully saturated rings. The second-order valence-electron chi connectivity index (χ2n) is 4.89. The Morgan fingerprint density at radius 3 is 2.53 bits per heavy atom. The Morgan fingerprint density at radius 1 is 1.37 bits per heavy atom. The SMILES string of the molecule is CC1CCN(S(=O)(=O)c2cc(Cl)cc(N)c2F)CC1. The Morgan fingerprint density at radius 2 is 1.95 bits per heavy atom. The van der Waals surface area contributed by atoms with Gasteiger partial charge in [0.15, 0.2) is 5.82 Å². The quantitative estimate of drug-likeness (QED) is 0.854. The van der Waals surface area contributed by atoms with Gasteiger partial charge in [-0.1, -0.05) is 18.5 Å². The van der Waals surface area contributed by atoms with Crippen LogP contribution in [-0.2, 0) is 10.0 Å². The molecule has 106 valence electrons. The second kappa shape index (κ2) is 5.26. The minimum atomic E-state index is -3.87. The fourth-order valence-corrected chi connectivity index (χ4v) is 4.02. The Bertz CT molecular complexity index is 584. The summed E-state index contributed by atoms with van der Waals surface area (Å²) in [5.41, 5.74) is 5.17. The maximum atomic E-state index is 13.9. The molecule has 1 aliphatic heterocycles. The van der Waals surface area contributed by atoms with Crippen LogP contribution in [0.15, 0.2) is 17.0 Å². The van der Waals surface area contributed by atoms with Crippen LogP contribution < -0.4 is 5.73 Å². The van der Waals surface area contributed by atoms with Gasteiger partial charge < -0.3 is 5.73 Å². The van der Waals surface area contributed by atoms with Gasteiger partial charge in [-0.25, -0.2) is 12.8 Å². The van der Waals surface area contributed by atoms with E-state index in [2.05, 4.69) is 6.92 Å². The predicted octanol–water partition coefficient (Wildman–Crippen LogP) is 2.48. The molecule has 1 saturated heterocycles. The van der Waals surface area contributed by atoms with E-state index in [-0.39, 0.29) is 10.7 Å². The molecule has 1 heterocycles. The van der Waals surface area contributed by atoms with E-state index in [4.69, 9.17) is 17.3 Å². The minimum absolute atomic E-state index is 0.114. The van der Waals surface area contributed by atoms with Gasteiger partial charge in [0.05, 0.1) is 5.69 Å². The summed E-state index contributed by atoms with van der Waals surface area (Å²) in [6.45, 7) is 2.87. The summed E-state index contributed by atoms with van der Waals surface area (Å²) < 4.78 is 40.0. The molecular weight excluding hydrogens is 291 g/mol. The van der Waals surface area contributed by atoms with Crippen molar-refractivity contribution in [1.29, 1.82) is 0 Å². The van der Waals surface area contributed by atoms with Crippen LogP contribution in [0.3, 0.4) is 0 Å². The molecule has 1 aliphatic rings. The molecule has 4 nitrogen and oxygen atoms in total. The molecule has 0 atom stereocenters. The van der Waals surface area contributed by atoms with E-state index in [1.165, 1.54) is 10.4 Å². The van der Waals surface area contributed by atoms with Gasteiger partial charge in [0.2, 0.25) is 10.0 Å². The van der Waals surface area contributed by atoms with Gasteiger partial charge in [-0.2, -0.15) is 4.31 Å². The van der Waals surface area contributed by atoms with Gasteiger partial charge in [0, 0.05) is 18.1 Å². The number of anilines is 1. The number of sulfonamides is 1. The Labute approximate surface area is 117 Å². The smallest absolute Gasteiger partial charge is 0.246 e. The largest absolute Gasteiger partial charge is 0.396 e. The zero-order valence-electron chi connectivity index (χ0n) is 10.6. The van der Waals surface area contributed by atoms with Crippen LogP contribution >= 0.6 is 11.6 Å². The highest BCUT2D eigenvalue weighted by Gasteiger charge is 2.31. The van der Waals surface area contributed by atoms with Crippen molar-refractivity contribution < 1.29 is 12.8 Å². The third-order valence-electron chi connectivity index (χ3n) is 3.39. The zero-order chi connectivity index (χ0) is 14.2. The molecule has 0 bridgehead atoms. The van der Waals surface area contributed by atoms with E-state index in [9.17, 15) is 12.8 Å². The van der Waals surface area contributed by atoms with Crippen molar-refractivity contribution in [2.24, 2.45) is 5.92 Å². The first kappa shape index (κ1) is 14.6. The lowest BCUT2D eigenvalue weighted by Gasteiger charge is -2.29. The van der Waals surface area contributed by atoms with Crippen LogP contribution in [0, 0.1) is 11.7 Å². The molecule has 0 aliphatic carbocycles. The lowest BCUT2D eigenvalue weighted by molar-refractivity contribution is 0.287. The maximum Gasteiger partial charge on any atom is 0.246 e. The minimum Gasteiger partial charge on any atom is -0.396 e. The Kier molecular flexibility index (Phi) is 4.03. The Hall–Kier alpha value is -0.850. The Balaban J connectivity index is 2.40. The number of halogens is 2. The zero-order valence-corrected chi connectivity index (χ0v) is 12.1. The number of nitrogens with zero attached hydrogens (tertiary/aromatic N) is 1. The summed E-state index contributed by atoms with van der Waals surface area (Å²) in [6.07, 6.45) is 1.55. The fourth-order valence-electron chi connectivity index (χ4n) is 2.14. The maximum absolute atomic E-state index is 13.9. The fraction of sp³-hybridized carbons (Fsp3) is 0.500. The van der Waals surface area contributed by atoms with E-state index < -0.39 is 20.7 Å². The summed E-state index contributed by atoms with van der Waals surface area (Å²) in [4.78, 5) is -0.438. The van der Waals surface area contributed by atoms with Crippen molar-refractivity contribution in [3.8, 4) is 0 Å². The van der Waals surface area contributed by atoms with Crippen LogP contribution in [-0.4, -0.2) is 25.8 Å². The number of hydrogen-bond donors (Lipinski definition) is 1. The first-order chi connectivity index (χ1) is 8.82. The molecule has 19 heavy (non-hydrogen) atoms. The monoisotopic (exact) mass is 306 g/mol. The molecule has 2 N–H and O–H groups in total. The van der Waals surface area contributed by atoms with E-state index >= 15 is 0 Å². The molecule has 0 radical (unpaired) electrons. The standard InChI is InChI=1S/C12H16ClFN2O2S/c1-8-2-4-16(5-3-8)19(17,18)11-7-9(13)6-10(15)12(11)14/h6-8H,2-5,15H2,1H3. The second-order valence-corrected chi connectivity index (χ2v) is 7.24. The van der Waals surface area contributed by atoms with Gasteiger partial charge in [-0.15, -0.1) is 0 Å². The molecule has 2 rings (SSSR count). The molecule has 0 unspecified atom stereocenters. The molecule has 0 spiro atoms. The van der Waals surface area contributed by atoms with E-state index in [1.54, 1.807) is 0 Å². The summed E-state index contributed by atoms with van der Waals surface area (Å²) in [5.74, 6) is -0.441. The number of rotatable bonds is 2. The molecule has 1 aromatic carbocycles. The van der Waals surface area contributed by atoms with Crippen molar-refractivity contribution in [3.63, 3.8) is 0 Å². The molecular formula is C12H16ClFN2O2S.